The molecule has 0 saturated heterocycles. The van der Waals surface area contributed by atoms with Crippen molar-refractivity contribution < 1.29 is 14.3 Å². The molecule has 7 nitrogen and oxygen atoms in total. The molecule has 1 aromatic carbocycles. The van der Waals surface area contributed by atoms with E-state index in [4.69, 9.17) is 4.74 Å². The second-order valence-electron chi connectivity index (χ2n) is 6.01. The molecule has 3 heterocycles. The maximum Gasteiger partial charge on any atom is 0.275 e. The first-order valence-corrected chi connectivity index (χ1v) is 7.88. The number of anilines is 2. The van der Waals surface area contributed by atoms with Crippen molar-refractivity contribution in [3.8, 4) is 5.75 Å². The van der Waals surface area contributed by atoms with Gasteiger partial charge in [-0.25, -0.2) is 4.98 Å². The van der Waals surface area contributed by atoms with Crippen LogP contribution in [-0.4, -0.2) is 27.3 Å². The highest BCUT2D eigenvalue weighted by molar-refractivity contribution is 6.04. The van der Waals surface area contributed by atoms with Crippen LogP contribution in [0.2, 0.25) is 0 Å². The molecule has 126 valence electrons. The average Bonchev–Trinajstić information content (AvgIpc) is 2.99. The summed E-state index contributed by atoms with van der Waals surface area (Å²) in [5, 5.41) is 5.54. The van der Waals surface area contributed by atoms with Crippen molar-refractivity contribution in [1.29, 1.82) is 0 Å². The molecule has 1 aliphatic rings. The molecule has 0 unspecified atom stereocenters. The minimum Gasteiger partial charge on any atom is -0.479 e. The Hall–Kier alpha value is -3.35. The van der Waals surface area contributed by atoms with Crippen LogP contribution in [0.3, 0.4) is 0 Å². The fraction of sp³-hybridized carbons (Fsp3) is 0.167. The lowest BCUT2D eigenvalue weighted by Gasteiger charge is -2.23. The Balaban J connectivity index is 1.58. The van der Waals surface area contributed by atoms with Gasteiger partial charge in [-0.1, -0.05) is 0 Å². The Labute approximate surface area is 143 Å². The molecule has 7 heteroatoms. The van der Waals surface area contributed by atoms with Gasteiger partial charge in [0.25, 0.3) is 11.8 Å². The molecular weight excluding hydrogens is 320 g/mol. The van der Waals surface area contributed by atoms with Gasteiger partial charge in [-0.3, -0.25) is 9.59 Å². The van der Waals surface area contributed by atoms with Gasteiger partial charge in [0.15, 0.2) is 6.10 Å². The lowest BCUT2D eigenvalue weighted by atomic mass is 10.2. The fourth-order valence-corrected chi connectivity index (χ4v) is 2.67. The van der Waals surface area contributed by atoms with E-state index in [1.165, 1.54) is 0 Å². The van der Waals surface area contributed by atoms with Crippen molar-refractivity contribution >= 4 is 28.8 Å². The monoisotopic (exact) mass is 336 g/mol. The van der Waals surface area contributed by atoms with Crippen LogP contribution >= 0.6 is 0 Å². The van der Waals surface area contributed by atoms with Gasteiger partial charge in [0.1, 0.15) is 17.1 Å². The lowest BCUT2D eigenvalue weighted by Crippen LogP contribution is -2.34. The standard InChI is InChI=1S/C18H16N4O3/c1-10-5-6-22-9-14(20-16(22)7-10)18(24)19-12-3-4-15-13(8-12)21-17(23)11(2)25-15/h3-9,11H,1-2H3,(H,19,24)(H,21,23)/t11-/m0/s1. The number of pyridine rings is 1. The number of amides is 2. The van der Waals surface area contributed by atoms with Crippen molar-refractivity contribution in [2.45, 2.75) is 20.0 Å². The first-order chi connectivity index (χ1) is 12.0. The normalized spacial score (nSPS) is 16.1. The van der Waals surface area contributed by atoms with E-state index in [-0.39, 0.29) is 11.8 Å². The van der Waals surface area contributed by atoms with E-state index >= 15 is 0 Å². The van der Waals surface area contributed by atoms with Crippen LogP contribution in [0, 0.1) is 6.92 Å². The highest BCUT2D eigenvalue weighted by Gasteiger charge is 2.23. The number of ether oxygens (including phenoxy) is 1. The van der Waals surface area contributed by atoms with Gasteiger partial charge in [-0.2, -0.15) is 0 Å². The molecule has 0 radical (unpaired) electrons. The Morgan fingerprint density at radius 1 is 1.32 bits per heavy atom. The number of fused-ring (bicyclic) bond motifs is 2. The SMILES string of the molecule is Cc1ccn2cc(C(=O)Nc3ccc4c(c3)NC(=O)[C@H](C)O4)nc2c1. The third-order valence-electron chi connectivity index (χ3n) is 4.02. The first kappa shape index (κ1) is 15.2. The smallest absolute Gasteiger partial charge is 0.275 e. The minimum atomic E-state index is -0.533. The highest BCUT2D eigenvalue weighted by Crippen LogP contribution is 2.32. The summed E-state index contributed by atoms with van der Waals surface area (Å²) in [6, 6.07) is 8.96. The Morgan fingerprint density at radius 2 is 2.16 bits per heavy atom. The van der Waals surface area contributed by atoms with Crippen molar-refractivity contribution in [2.24, 2.45) is 0 Å². The summed E-state index contributed by atoms with van der Waals surface area (Å²) in [5.74, 6) is 0.0396. The van der Waals surface area contributed by atoms with Gasteiger partial charge in [0, 0.05) is 18.1 Å². The molecule has 1 aliphatic heterocycles. The molecule has 2 aromatic heterocycles. The number of nitrogens with one attached hydrogen (secondary N) is 2. The van der Waals surface area contributed by atoms with Gasteiger partial charge < -0.3 is 19.8 Å². The van der Waals surface area contributed by atoms with Crippen LogP contribution < -0.4 is 15.4 Å². The van der Waals surface area contributed by atoms with E-state index in [1.807, 2.05) is 25.3 Å². The Bertz CT molecular complexity index is 1010. The van der Waals surface area contributed by atoms with Crippen molar-refractivity contribution in [1.82, 2.24) is 9.38 Å². The predicted molar refractivity (Wildman–Crippen MR) is 93.0 cm³/mol. The molecule has 0 aliphatic carbocycles. The second-order valence-corrected chi connectivity index (χ2v) is 6.01. The number of carbonyl (C=O) groups excluding carboxylic acids is 2. The van der Waals surface area contributed by atoms with Gasteiger partial charge in [0.2, 0.25) is 0 Å². The van der Waals surface area contributed by atoms with Crippen LogP contribution in [-0.2, 0) is 4.79 Å². The van der Waals surface area contributed by atoms with Crippen molar-refractivity contribution in [2.75, 3.05) is 10.6 Å². The summed E-state index contributed by atoms with van der Waals surface area (Å²) in [6.45, 7) is 3.65. The molecule has 0 fully saturated rings. The molecule has 4 rings (SSSR count). The van der Waals surface area contributed by atoms with Crippen LogP contribution in [0.4, 0.5) is 11.4 Å². The lowest BCUT2D eigenvalue weighted by molar-refractivity contribution is -0.122. The first-order valence-electron chi connectivity index (χ1n) is 7.88. The van der Waals surface area contributed by atoms with Gasteiger partial charge in [0.05, 0.1) is 5.69 Å². The van der Waals surface area contributed by atoms with E-state index in [2.05, 4.69) is 15.6 Å². The largest absolute Gasteiger partial charge is 0.479 e. The Kier molecular flexibility index (Phi) is 3.42. The number of aromatic nitrogens is 2. The summed E-state index contributed by atoms with van der Waals surface area (Å²) < 4.78 is 7.30. The summed E-state index contributed by atoms with van der Waals surface area (Å²) in [4.78, 5) is 28.5. The van der Waals surface area contributed by atoms with E-state index in [0.717, 1.165) is 5.56 Å². The van der Waals surface area contributed by atoms with Crippen LogP contribution in [0.1, 0.15) is 23.0 Å². The molecule has 0 spiro atoms. The van der Waals surface area contributed by atoms with Gasteiger partial charge >= 0.3 is 0 Å². The number of rotatable bonds is 2. The van der Waals surface area contributed by atoms with E-state index in [0.29, 0.717) is 28.5 Å². The zero-order chi connectivity index (χ0) is 17.6. The zero-order valence-electron chi connectivity index (χ0n) is 13.7. The number of aryl methyl sites for hydroxylation is 1. The number of carbonyl (C=O) groups is 2. The topological polar surface area (TPSA) is 84.7 Å². The molecular formula is C18H16N4O3. The summed E-state index contributed by atoms with van der Waals surface area (Å²) >= 11 is 0. The fourth-order valence-electron chi connectivity index (χ4n) is 2.67. The maximum atomic E-state index is 12.4. The van der Waals surface area contributed by atoms with E-state index in [9.17, 15) is 9.59 Å². The van der Waals surface area contributed by atoms with Crippen molar-refractivity contribution in [3.63, 3.8) is 0 Å². The van der Waals surface area contributed by atoms with Crippen molar-refractivity contribution in [3.05, 3.63) is 54.0 Å². The molecule has 0 bridgehead atoms. The second kappa shape index (κ2) is 5.62. The zero-order valence-corrected chi connectivity index (χ0v) is 13.7. The number of hydrogen-bond donors (Lipinski definition) is 2. The number of hydrogen-bond acceptors (Lipinski definition) is 4. The third-order valence-corrected chi connectivity index (χ3v) is 4.02. The molecule has 2 N–H and O–H groups in total. The maximum absolute atomic E-state index is 12.4. The molecule has 1 atom stereocenters. The molecule has 25 heavy (non-hydrogen) atoms. The third kappa shape index (κ3) is 2.80. The molecule has 2 amide bonds. The van der Waals surface area contributed by atoms with Gasteiger partial charge in [-0.05, 0) is 49.7 Å². The van der Waals surface area contributed by atoms with Crippen LogP contribution in [0.5, 0.6) is 5.75 Å². The number of benzene rings is 1. The Morgan fingerprint density at radius 3 is 3.00 bits per heavy atom. The molecule has 0 saturated carbocycles. The van der Waals surface area contributed by atoms with Crippen LogP contribution in [0.25, 0.3) is 5.65 Å². The van der Waals surface area contributed by atoms with Gasteiger partial charge in [-0.15, -0.1) is 0 Å². The number of nitrogens with zero attached hydrogens (tertiary/aromatic N) is 2. The van der Waals surface area contributed by atoms with Crippen LogP contribution in [0.15, 0.2) is 42.7 Å². The summed E-state index contributed by atoms with van der Waals surface area (Å²) in [6.07, 6.45) is 3.01. The summed E-state index contributed by atoms with van der Waals surface area (Å²) in [7, 11) is 0. The quantitative estimate of drug-likeness (QED) is 0.753. The molecule has 3 aromatic rings. The predicted octanol–water partition coefficient (Wildman–Crippen LogP) is 2.61. The van der Waals surface area contributed by atoms with E-state index in [1.54, 1.807) is 35.7 Å². The average molecular weight is 336 g/mol. The number of imidazole rings is 1. The van der Waals surface area contributed by atoms with E-state index < -0.39 is 6.10 Å². The highest BCUT2D eigenvalue weighted by atomic mass is 16.5. The minimum absolute atomic E-state index is 0.216. The summed E-state index contributed by atoms with van der Waals surface area (Å²) in [5.41, 5.74) is 3.19.